The summed E-state index contributed by atoms with van der Waals surface area (Å²) in [5.41, 5.74) is -4.64. The van der Waals surface area contributed by atoms with Gasteiger partial charge in [-0.05, 0) is 65.7 Å². The van der Waals surface area contributed by atoms with Gasteiger partial charge in [0.25, 0.3) is 0 Å². The van der Waals surface area contributed by atoms with Crippen LogP contribution in [-0.4, -0.2) is 204 Å². The number of hydrogen-bond donors (Lipinski definition) is 0. The lowest BCUT2D eigenvalue weighted by Crippen LogP contribution is -2.56. The Morgan fingerprint density at radius 1 is 0.130 bits per heavy atom. The van der Waals surface area contributed by atoms with Crippen LogP contribution in [0.5, 0.6) is 0 Å². The smallest absolute Gasteiger partial charge is 0.127 e. The minimum atomic E-state index is -0.242. The van der Waals surface area contributed by atoms with Gasteiger partial charge in [0.2, 0.25) is 0 Å². The van der Waals surface area contributed by atoms with Crippen molar-refractivity contribution in [2.75, 3.05) is 0 Å². The fourth-order valence-electron chi connectivity index (χ4n) is 9.66. The first kappa shape index (κ1) is 50.0. The van der Waals surface area contributed by atoms with Gasteiger partial charge in [-0.25, -0.2) is 0 Å². The van der Waals surface area contributed by atoms with Crippen LogP contribution in [0, 0.1) is 0 Å². The molecule has 0 amide bonds. The molecule has 1 nitrogen and oxygen atoms in total. The largest absolute Gasteiger partial charge is 0.457 e. The average molecular weight is 802 g/mol. The third-order valence-corrected chi connectivity index (χ3v) is 13.4. The van der Waals surface area contributed by atoms with Gasteiger partial charge in [-0.3, -0.25) is 0 Å². The van der Waals surface area contributed by atoms with E-state index in [1.807, 2.05) is 0 Å². The number of rotatable bonds is 3. The summed E-state index contributed by atoms with van der Waals surface area (Å²) < 4.78 is 6.19. The van der Waals surface area contributed by atoms with Crippen LogP contribution >= 0.6 is 0 Å². The summed E-state index contributed by atoms with van der Waals surface area (Å²) in [5, 5.41) is 0.0736. The molecule has 69 heavy (non-hydrogen) atoms. The Morgan fingerprint density at radius 2 is 0.333 bits per heavy atom. The molecule has 0 spiro atoms. The molecule has 9 aromatic rings. The second-order valence-corrected chi connectivity index (χ2v) is 16.8. The van der Waals surface area contributed by atoms with Crippen LogP contribution in [0.15, 0.2) is 4.42 Å². The molecule has 0 saturated heterocycles. The van der Waals surface area contributed by atoms with E-state index in [1.165, 1.54) is 0 Å². The second kappa shape index (κ2) is 16.8. The van der Waals surface area contributed by atoms with Crippen LogP contribution in [0.3, 0.4) is 0 Å². The average Bonchev–Trinajstić information content (AvgIpc) is 3.73. The second-order valence-electron chi connectivity index (χ2n) is 16.8. The monoisotopic (exact) mass is 806 g/mol. The highest BCUT2D eigenvalue weighted by Crippen LogP contribution is 2.42. The predicted molar refractivity (Wildman–Crippen MR) is 323 cm³/mol. The van der Waals surface area contributed by atoms with Crippen molar-refractivity contribution < 1.29 is 4.42 Å². The van der Waals surface area contributed by atoms with Crippen molar-refractivity contribution in [1.82, 2.24) is 0 Å². The molecule has 9 rings (SSSR count). The first-order chi connectivity index (χ1) is 32.2. The zero-order valence-corrected chi connectivity index (χ0v) is 36.4. The molecule has 0 aliphatic heterocycles. The maximum atomic E-state index is 7.42. The topological polar surface area (TPSA) is 13.1 Å². The summed E-state index contributed by atoms with van der Waals surface area (Å²) in [6.07, 6.45) is 0. The minimum absolute atomic E-state index is 0.0000602. The molecule has 252 valence electrons. The van der Waals surface area contributed by atoms with Gasteiger partial charge in [0.1, 0.15) is 215 Å². The molecule has 0 fully saturated rings. The van der Waals surface area contributed by atoms with E-state index in [2.05, 4.69) is 0 Å². The molecule has 52 radical (unpaired) electrons. The van der Waals surface area contributed by atoms with Crippen LogP contribution in [0.25, 0.3) is 87.6 Å². The first-order valence-electron chi connectivity index (χ1n) is 20.2. The highest BCUT2D eigenvalue weighted by molar-refractivity contribution is 6.77. The SMILES string of the molecule is [B]c1c([B])c([B])c(-c2c([B])c(-c3c4c([B])c([B])c([B])c([B])c4c(-c4c([B])c([B])c5oc6c([B])c([B])c([B])c([B])c6c5c4[B])c4c([B])c([B])c([B])c([B])c34)c3c([B])c([B])c([B])c([B])c3c2[B])c([B])c1[B]. The summed E-state index contributed by atoms with van der Waals surface area (Å²) >= 11 is 0. The Bertz CT molecular complexity index is 3860. The molecule has 0 saturated carbocycles. The fourth-order valence-corrected chi connectivity index (χ4v) is 9.66. The molecule has 0 bridgehead atoms. The van der Waals surface area contributed by atoms with Crippen molar-refractivity contribution in [1.29, 1.82) is 0 Å². The molecule has 8 aromatic carbocycles. The molecule has 0 aliphatic rings. The Morgan fingerprint density at radius 3 is 0.725 bits per heavy atom. The van der Waals surface area contributed by atoms with E-state index < -0.39 is 0 Å². The number of hydrogen-bond acceptors (Lipinski definition) is 1. The molecule has 0 unspecified atom stereocenters. The van der Waals surface area contributed by atoms with E-state index in [1.54, 1.807) is 0 Å². The van der Waals surface area contributed by atoms with E-state index in [0.717, 1.165) is 0 Å². The third-order valence-electron chi connectivity index (χ3n) is 13.4. The third kappa shape index (κ3) is 6.41. The molecule has 1 heterocycles. The van der Waals surface area contributed by atoms with Gasteiger partial charge >= 0.3 is 0 Å². The van der Waals surface area contributed by atoms with Crippen LogP contribution < -0.4 is 142 Å². The van der Waals surface area contributed by atoms with Crippen LogP contribution in [-0.2, 0) is 0 Å². The normalized spacial score (nSPS) is 11.8. The maximum absolute atomic E-state index is 7.42. The van der Waals surface area contributed by atoms with Crippen molar-refractivity contribution in [3.05, 3.63) is 0 Å². The van der Waals surface area contributed by atoms with Crippen LogP contribution in [0.2, 0.25) is 0 Å². The molecule has 0 N–H and O–H groups in total. The van der Waals surface area contributed by atoms with Crippen molar-refractivity contribution in [2.24, 2.45) is 0 Å². The van der Waals surface area contributed by atoms with Crippen molar-refractivity contribution in [2.45, 2.75) is 0 Å². The summed E-state index contributed by atoms with van der Waals surface area (Å²) in [6, 6.07) is 0. The number of benzene rings is 8. The summed E-state index contributed by atoms with van der Waals surface area (Å²) in [7, 11) is 176. The predicted octanol–water partition coefficient (Wildman–Crippen LogP) is -19.3. The number of furan rings is 1. The molecule has 27 heteroatoms. The standard InChI is InChI=1S/C42B26O/c43-15-3(8-10(23(51)33(61)32(60)22(8)50)16(44)11(15)12-24(52)34(62)37(65)35(63)25(12)53)1-4-6(20(48)30(58)28(56)18(4)46)2(7-5(1)19(47)29(57)31(59)21(7)49)9-17(45)13-14-27(55)36(64)38(66)40(68)42(14)69-41(13)39(67)26(9)54. The van der Waals surface area contributed by atoms with E-state index in [9.17, 15) is 0 Å². The summed E-state index contributed by atoms with van der Waals surface area (Å²) in [5.74, 6) is 0. The lowest BCUT2D eigenvalue weighted by molar-refractivity contribution is 0.675. The summed E-state index contributed by atoms with van der Waals surface area (Å²) in [6.45, 7) is 0. The Balaban J connectivity index is 1.68. The van der Waals surface area contributed by atoms with Gasteiger partial charge in [0.05, 0.1) is 0 Å². The Hall–Kier alpha value is -3.97. The Kier molecular flexibility index (Phi) is 12.2. The van der Waals surface area contributed by atoms with Crippen molar-refractivity contribution >= 4 is 400 Å². The van der Waals surface area contributed by atoms with Crippen molar-refractivity contribution in [3.63, 3.8) is 0 Å². The molecule has 1 aromatic heterocycles. The zero-order chi connectivity index (χ0) is 51.0. The molecular formula is C42B26O. The van der Waals surface area contributed by atoms with Gasteiger partial charge in [0.15, 0.2) is 0 Å². The van der Waals surface area contributed by atoms with Gasteiger partial charge in [0, 0.05) is 10.8 Å². The number of fused-ring (bicyclic) bond motifs is 6. The maximum Gasteiger partial charge on any atom is 0.127 e. The first-order valence-corrected chi connectivity index (χ1v) is 20.2. The van der Waals surface area contributed by atoms with Gasteiger partial charge in [-0.2, -0.15) is 0 Å². The highest BCUT2D eigenvalue weighted by Gasteiger charge is 2.32. The van der Waals surface area contributed by atoms with E-state index in [0.29, 0.717) is 0 Å². The molecule has 0 atom stereocenters. The van der Waals surface area contributed by atoms with E-state index in [-0.39, 0.29) is 230 Å². The lowest BCUT2D eigenvalue weighted by atomic mass is 9.55. The molecular weight excluding hydrogens is 802 g/mol. The molecule has 0 aliphatic carbocycles. The Labute approximate surface area is 435 Å². The quantitative estimate of drug-likeness (QED) is 0.128. The van der Waals surface area contributed by atoms with E-state index >= 15 is 0 Å². The van der Waals surface area contributed by atoms with Crippen LogP contribution in [0.4, 0.5) is 0 Å². The van der Waals surface area contributed by atoms with Gasteiger partial charge in [-0.1, -0.05) is 81.9 Å². The zero-order valence-electron chi connectivity index (χ0n) is 36.4. The lowest BCUT2D eigenvalue weighted by Gasteiger charge is -2.33. The van der Waals surface area contributed by atoms with Gasteiger partial charge < -0.3 is 4.42 Å². The van der Waals surface area contributed by atoms with Gasteiger partial charge in [-0.15, -0.1) is 60.1 Å². The highest BCUT2D eigenvalue weighted by atomic mass is 16.3. The van der Waals surface area contributed by atoms with E-state index in [4.69, 9.17) is 208 Å². The van der Waals surface area contributed by atoms with Crippen LogP contribution in [0.1, 0.15) is 0 Å². The summed E-state index contributed by atoms with van der Waals surface area (Å²) in [4.78, 5) is 0. The minimum Gasteiger partial charge on any atom is -0.457 e. The van der Waals surface area contributed by atoms with Crippen molar-refractivity contribution in [3.8, 4) is 33.4 Å². The fraction of sp³-hybridized carbons (Fsp3) is 0.